The number of hydrogen-bond donors (Lipinski definition) is 1. The van der Waals surface area contributed by atoms with Gasteiger partial charge in [0.25, 0.3) is 5.56 Å². The molecule has 0 aliphatic carbocycles. The van der Waals surface area contributed by atoms with Crippen LogP contribution < -0.4 is 17.0 Å². The average molecular weight is 333 g/mol. The third-order valence-electron chi connectivity index (χ3n) is 3.68. The SMILES string of the molecule is Cc1ccc(SCC(=O)c2c(N)n(C)c(=O)n(C)c2=O)c(C)c1. The van der Waals surface area contributed by atoms with E-state index in [1.165, 1.54) is 25.9 Å². The maximum atomic E-state index is 12.4. The largest absolute Gasteiger partial charge is 0.384 e. The Morgan fingerprint density at radius 1 is 1.17 bits per heavy atom. The van der Waals surface area contributed by atoms with Crippen LogP contribution in [0.3, 0.4) is 0 Å². The predicted molar refractivity (Wildman–Crippen MR) is 92.3 cm³/mol. The molecule has 7 heteroatoms. The molecule has 0 aliphatic heterocycles. The number of rotatable bonds is 4. The Bertz CT molecular complexity index is 897. The summed E-state index contributed by atoms with van der Waals surface area (Å²) < 4.78 is 2.00. The fourth-order valence-corrected chi connectivity index (χ4v) is 3.18. The van der Waals surface area contributed by atoms with Gasteiger partial charge in [0.15, 0.2) is 5.78 Å². The standard InChI is InChI=1S/C16H19N3O3S/c1-9-5-6-12(10(2)7-9)23-8-11(20)13-14(17)18(3)16(22)19(4)15(13)21/h5-7H,8,17H2,1-4H3. The van der Waals surface area contributed by atoms with Crippen molar-refractivity contribution in [1.29, 1.82) is 0 Å². The molecule has 0 bridgehead atoms. The van der Waals surface area contributed by atoms with Gasteiger partial charge in [-0.2, -0.15) is 0 Å². The quantitative estimate of drug-likeness (QED) is 0.672. The van der Waals surface area contributed by atoms with E-state index in [4.69, 9.17) is 5.73 Å². The van der Waals surface area contributed by atoms with Crippen molar-refractivity contribution in [3.05, 3.63) is 55.7 Å². The van der Waals surface area contributed by atoms with E-state index < -0.39 is 11.2 Å². The van der Waals surface area contributed by atoms with E-state index in [-0.39, 0.29) is 22.9 Å². The average Bonchev–Trinajstić information content (AvgIpc) is 2.50. The minimum atomic E-state index is -0.656. The minimum Gasteiger partial charge on any atom is -0.384 e. The number of anilines is 1. The summed E-state index contributed by atoms with van der Waals surface area (Å²) >= 11 is 1.35. The molecule has 1 aromatic carbocycles. The van der Waals surface area contributed by atoms with E-state index in [1.54, 1.807) is 0 Å². The first-order valence-electron chi connectivity index (χ1n) is 7.02. The molecule has 6 nitrogen and oxygen atoms in total. The van der Waals surface area contributed by atoms with Crippen molar-refractivity contribution in [2.24, 2.45) is 14.1 Å². The lowest BCUT2D eigenvalue weighted by Crippen LogP contribution is -2.41. The van der Waals surface area contributed by atoms with Gasteiger partial charge in [-0.25, -0.2) is 4.79 Å². The van der Waals surface area contributed by atoms with Gasteiger partial charge in [0.2, 0.25) is 0 Å². The van der Waals surface area contributed by atoms with E-state index >= 15 is 0 Å². The van der Waals surface area contributed by atoms with Gasteiger partial charge in [0.1, 0.15) is 11.4 Å². The van der Waals surface area contributed by atoms with Crippen LogP contribution in [0.25, 0.3) is 0 Å². The molecule has 1 aromatic heterocycles. The maximum absolute atomic E-state index is 12.4. The topological polar surface area (TPSA) is 87.1 Å². The Balaban J connectivity index is 2.32. The molecule has 0 radical (unpaired) electrons. The Hall–Kier alpha value is -2.28. The number of aryl methyl sites for hydroxylation is 2. The number of Topliss-reactive ketones (excluding diaryl/α,β-unsaturated/α-hetero) is 1. The monoisotopic (exact) mass is 333 g/mol. The second-order valence-corrected chi connectivity index (χ2v) is 6.46. The van der Waals surface area contributed by atoms with Crippen molar-refractivity contribution in [2.75, 3.05) is 11.5 Å². The number of aromatic nitrogens is 2. The first-order valence-corrected chi connectivity index (χ1v) is 8.01. The van der Waals surface area contributed by atoms with Crippen molar-refractivity contribution < 1.29 is 4.79 Å². The van der Waals surface area contributed by atoms with E-state index in [0.717, 1.165) is 25.2 Å². The fraction of sp³-hybridized carbons (Fsp3) is 0.312. The molecule has 2 aromatic rings. The van der Waals surface area contributed by atoms with Crippen molar-refractivity contribution in [3.63, 3.8) is 0 Å². The van der Waals surface area contributed by atoms with Crippen LogP contribution in [0.2, 0.25) is 0 Å². The Labute approximate surface area is 137 Å². The summed E-state index contributed by atoms with van der Waals surface area (Å²) in [4.78, 5) is 37.3. The molecule has 1 heterocycles. The summed E-state index contributed by atoms with van der Waals surface area (Å²) in [7, 11) is 2.77. The van der Waals surface area contributed by atoms with E-state index in [9.17, 15) is 14.4 Å². The van der Waals surface area contributed by atoms with Gasteiger partial charge < -0.3 is 5.73 Å². The number of thioether (sulfide) groups is 1. The van der Waals surface area contributed by atoms with Crippen LogP contribution in [-0.2, 0) is 14.1 Å². The zero-order valence-electron chi connectivity index (χ0n) is 13.5. The molecular formula is C16H19N3O3S. The van der Waals surface area contributed by atoms with E-state index in [1.807, 2.05) is 32.0 Å². The maximum Gasteiger partial charge on any atom is 0.332 e. The highest BCUT2D eigenvalue weighted by Gasteiger charge is 2.20. The number of ketones is 1. The minimum absolute atomic E-state index is 0.0849. The smallest absolute Gasteiger partial charge is 0.332 e. The van der Waals surface area contributed by atoms with Crippen LogP contribution >= 0.6 is 11.8 Å². The molecule has 0 saturated carbocycles. The Kier molecular flexibility index (Phi) is 4.79. The van der Waals surface area contributed by atoms with E-state index in [0.29, 0.717) is 0 Å². The molecule has 0 fully saturated rings. The highest BCUT2D eigenvalue weighted by atomic mass is 32.2. The van der Waals surface area contributed by atoms with Crippen LogP contribution in [0.4, 0.5) is 5.82 Å². The number of hydrogen-bond acceptors (Lipinski definition) is 5. The number of nitrogen functional groups attached to an aromatic ring is 1. The Morgan fingerprint density at radius 2 is 1.83 bits per heavy atom. The van der Waals surface area contributed by atoms with Crippen molar-refractivity contribution in [2.45, 2.75) is 18.7 Å². The number of benzene rings is 1. The summed E-state index contributed by atoms with van der Waals surface area (Å²) in [6.07, 6.45) is 0. The van der Waals surface area contributed by atoms with Gasteiger partial charge in [-0.3, -0.25) is 18.7 Å². The molecule has 0 spiro atoms. The summed E-state index contributed by atoms with van der Waals surface area (Å²) in [6, 6.07) is 5.96. The second kappa shape index (κ2) is 6.45. The lowest BCUT2D eigenvalue weighted by molar-refractivity contribution is 0.102. The number of nitrogens with two attached hydrogens (primary N) is 1. The third kappa shape index (κ3) is 3.24. The number of nitrogens with zero attached hydrogens (tertiary/aromatic N) is 2. The lowest BCUT2D eigenvalue weighted by atomic mass is 10.2. The van der Waals surface area contributed by atoms with Crippen LogP contribution in [0.15, 0.2) is 32.7 Å². The molecule has 0 amide bonds. The summed E-state index contributed by atoms with van der Waals surface area (Å²) in [6.45, 7) is 3.97. The van der Waals surface area contributed by atoms with Crippen LogP contribution in [-0.4, -0.2) is 20.7 Å². The van der Waals surface area contributed by atoms with Crippen LogP contribution in [0, 0.1) is 13.8 Å². The first-order chi connectivity index (χ1) is 10.7. The van der Waals surface area contributed by atoms with E-state index in [2.05, 4.69) is 0 Å². The molecule has 0 saturated heterocycles. The molecule has 2 N–H and O–H groups in total. The van der Waals surface area contributed by atoms with Crippen molar-refractivity contribution >= 4 is 23.4 Å². The molecule has 0 aliphatic rings. The third-order valence-corrected chi connectivity index (χ3v) is 4.85. The van der Waals surface area contributed by atoms with Gasteiger partial charge in [0.05, 0.1) is 5.75 Å². The van der Waals surface area contributed by atoms with Crippen LogP contribution in [0.1, 0.15) is 21.5 Å². The molecule has 23 heavy (non-hydrogen) atoms. The normalized spacial score (nSPS) is 10.8. The second-order valence-electron chi connectivity index (χ2n) is 5.45. The van der Waals surface area contributed by atoms with Gasteiger partial charge in [0, 0.05) is 19.0 Å². The van der Waals surface area contributed by atoms with Gasteiger partial charge in [-0.15, -0.1) is 11.8 Å². The number of carbonyl (C=O) groups excluding carboxylic acids is 1. The fourth-order valence-electron chi connectivity index (χ4n) is 2.30. The number of carbonyl (C=O) groups is 1. The zero-order valence-corrected chi connectivity index (χ0v) is 14.4. The molecule has 2 rings (SSSR count). The molecule has 0 atom stereocenters. The summed E-state index contributed by atoms with van der Waals surface area (Å²) in [5, 5.41) is 0. The van der Waals surface area contributed by atoms with Crippen molar-refractivity contribution in [3.8, 4) is 0 Å². The Morgan fingerprint density at radius 3 is 2.43 bits per heavy atom. The highest BCUT2D eigenvalue weighted by molar-refractivity contribution is 8.00. The van der Waals surface area contributed by atoms with Gasteiger partial charge in [-0.1, -0.05) is 17.7 Å². The molecule has 0 unspecified atom stereocenters. The lowest BCUT2D eigenvalue weighted by Gasteiger charge is -2.11. The van der Waals surface area contributed by atoms with Gasteiger partial charge in [-0.05, 0) is 25.5 Å². The highest BCUT2D eigenvalue weighted by Crippen LogP contribution is 2.24. The van der Waals surface area contributed by atoms with Crippen molar-refractivity contribution in [1.82, 2.24) is 9.13 Å². The van der Waals surface area contributed by atoms with Gasteiger partial charge >= 0.3 is 5.69 Å². The van der Waals surface area contributed by atoms with Crippen LogP contribution in [0.5, 0.6) is 0 Å². The first kappa shape index (κ1) is 17.1. The zero-order chi connectivity index (χ0) is 17.3. The summed E-state index contributed by atoms with van der Waals surface area (Å²) in [5.74, 6) is -0.394. The summed E-state index contributed by atoms with van der Waals surface area (Å²) in [5.41, 5.74) is 6.67. The molecule has 122 valence electrons. The molecular weight excluding hydrogens is 314 g/mol. The predicted octanol–water partition coefficient (Wildman–Crippen LogP) is 1.26.